The molecule has 10 heteroatoms. The molecule has 0 amide bonds. The smallest absolute Gasteiger partial charge is 0.409 e. The minimum atomic E-state index is -5.25. The lowest BCUT2D eigenvalue weighted by atomic mass is 10.2. The van der Waals surface area contributed by atoms with Crippen molar-refractivity contribution in [2.24, 2.45) is 0 Å². The summed E-state index contributed by atoms with van der Waals surface area (Å²) in [5, 5.41) is 0. The highest BCUT2D eigenvalue weighted by atomic mass is 32.3. The van der Waals surface area contributed by atoms with Gasteiger partial charge in [-0.1, -0.05) is 0 Å². The van der Waals surface area contributed by atoms with Gasteiger partial charge in [-0.15, -0.1) is 12.7 Å². The van der Waals surface area contributed by atoms with Crippen LogP contribution in [-0.2, 0) is 21.1 Å². The third kappa shape index (κ3) is 2.25. The van der Waals surface area contributed by atoms with Crippen LogP contribution < -0.4 is 4.74 Å². The number of hydrogen-bond acceptors (Lipinski definition) is 4. The average molecular weight is 290 g/mol. The molecule has 1 heterocycles. The van der Waals surface area contributed by atoms with E-state index in [4.69, 9.17) is 0 Å². The summed E-state index contributed by atoms with van der Waals surface area (Å²) in [6.07, 6.45) is -9.07. The van der Waals surface area contributed by atoms with Gasteiger partial charge >= 0.3 is 22.6 Å². The first-order valence-electron chi connectivity index (χ1n) is 4.25. The average Bonchev–Trinajstić information content (AvgIpc) is 2.12. The molecule has 0 aromatic heterocycles. The Morgan fingerprint density at radius 2 is 1.72 bits per heavy atom. The molecular weight excluding hydrogens is 287 g/mol. The van der Waals surface area contributed by atoms with E-state index in [0.29, 0.717) is 12.1 Å². The lowest BCUT2D eigenvalue weighted by Gasteiger charge is -2.30. The van der Waals surface area contributed by atoms with Crippen LogP contribution in [0.2, 0.25) is 0 Å². The van der Waals surface area contributed by atoms with Crippen molar-refractivity contribution in [1.29, 1.82) is 0 Å². The number of hydrogen-bond donors (Lipinski definition) is 0. The predicted molar refractivity (Wildman–Crippen MR) is 45.3 cm³/mol. The molecule has 1 aromatic carbocycles. The van der Waals surface area contributed by atoms with Gasteiger partial charge in [-0.2, -0.15) is 17.2 Å². The Bertz CT molecular complexity index is 598. The van der Waals surface area contributed by atoms with Crippen LogP contribution in [0.5, 0.6) is 5.75 Å². The quantitative estimate of drug-likeness (QED) is 0.588. The number of alkyl halides is 4. The summed E-state index contributed by atoms with van der Waals surface area (Å²) in [7, 11) is -5.25. The second-order valence-electron chi connectivity index (χ2n) is 3.28. The Balaban J connectivity index is 2.61. The van der Waals surface area contributed by atoms with Crippen molar-refractivity contribution in [2.45, 2.75) is 17.3 Å². The minimum Gasteiger partial charge on any atom is -0.409 e. The number of benzene rings is 1. The van der Waals surface area contributed by atoms with Gasteiger partial charge in [0.1, 0.15) is 5.75 Å². The molecule has 2 rings (SSSR count). The molecule has 0 fully saturated rings. The van der Waals surface area contributed by atoms with E-state index in [1.165, 1.54) is 0 Å². The zero-order valence-corrected chi connectivity index (χ0v) is 8.98. The molecule has 0 radical (unpaired) electrons. The zero-order chi connectivity index (χ0) is 13.8. The summed E-state index contributed by atoms with van der Waals surface area (Å²) in [4.78, 5) is -1.11. The molecule has 0 atom stereocenters. The number of halogens is 5. The second kappa shape index (κ2) is 3.54. The van der Waals surface area contributed by atoms with Crippen LogP contribution in [0.25, 0.3) is 0 Å². The predicted octanol–water partition coefficient (Wildman–Crippen LogP) is 2.35. The van der Waals surface area contributed by atoms with Crippen LogP contribution >= 0.6 is 0 Å². The van der Waals surface area contributed by atoms with Crippen molar-refractivity contribution in [3.05, 3.63) is 23.8 Å². The van der Waals surface area contributed by atoms with Gasteiger partial charge in [-0.25, -0.2) is 4.74 Å². The standard InChI is InChI=1S/C8H3F5O4S/c9-7(10)5-3-4(18(13,14)15)1-2-6(5)16-8(11,12)17-7/h1-3H. The molecule has 1 aliphatic rings. The maximum absolute atomic E-state index is 13.2. The maximum Gasteiger partial charge on any atom is 0.540 e. The van der Waals surface area contributed by atoms with Crippen LogP contribution in [0.1, 0.15) is 5.56 Å². The van der Waals surface area contributed by atoms with Gasteiger partial charge in [0.15, 0.2) is 0 Å². The highest BCUT2D eigenvalue weighted by molar-refractivity contribution is 7.86. The first-order chi connectivity index (χ1) is 8.01. The third-order valence-electron chi connectivity index (χ3n) is 2.02. The van der Waals surface area contributed by atoms with E-state index >= 15 is 0 Å². The first kappa shape index (κ1) is 13.0. The summed E-state index contributed by atoms with van der Waals surface area (Å²) >= 11 is 0. The molecule has 18 heavy (non-hydrogen) atoms. The Hall–Kier alpha value is -1.42. The highest BCUT2D eigenvalue weighted by Crippen LogP contribution is 2.46. The van der Waals surface area contributed by atoms with Crippen LogP contribution in [-0.4, -0.2) is 14.7 Å². The monoisotopic (exact) mass is 290 g/mol. The normalized spacial score (nSPS) is 20.9. The van der Waals surface area contributed by atoms with Gasteiger partial charge < -0.3 is 4.74 Å². The van der Waals surface area contributed by atoms with E-state index in [-0.39, 0.29) is 6.07 Å². The van der Waals surface area contributed by atoms with E-state index < -0.39 is 38.8 Å². The van der Waals surface area contributed by atoms with Crippen molar-refractivity contribution in [3.8, 4) is 5.75 Å². The fraction of sp³-hybridized carbons (Fsp3) is 0.250. The molecular formula is C8H3F5O4S. The van der Waals surface area contributed by atoms with E-state index in [1.54, 1.807) is 0 Å². The molecule has 1 aliphatic heterocycles. The SMILES string of the molecule is O=S(=O)(F)c1ccc2c(c1)C(F)(F)OC(F)(F)O2. The Kier molecular flexibility index (Phi) is 2.56. The Morgan fingerprint density at radius 1 is 1.11 bits per heavy atom. The van der Waals surface area contributed by atoms with E-state index in [2.05, 4.69) is 9.47 Å². The molecule has 0 unspecified atom stereocenters. The van der Waals surface area contributed by atoms with Crippen molar-refractivity contribution < 1.29 is 39.3 Å². The lowest BCUT2D eigenvalue weighted by molar-refractivity contribution is -0.461. The van der Waals surface area contributed by atoms with Crippen LogP contribution in [0.4, 0.5) is 21.4 Å². The summed E-state index contributed by atoms with van der Waals surface area (Å²) in [5.74, 6) is -0.997. The Labute approximate surface area is 97.1 Å². The van der Waals surface area contributed by atoms with Gasteiger partial charge in [-0.3, -0.25) is 0 Å². The second-order valence-corrected chi connectivity index (χ2v) is 4.63. The van der Waals surface area contributed by atoms with E-state index in [1.807, 2.05) is 0 Å². The van der Waals surface area contributed by atoms with Crippen molar-refractivity contribution >= 4 is 10.2 Å². The van der Waals surface area contributed by atoms with Gasteiger partial charge in [0, 0.05) is 0 Å². The van der Waals surface area contributed by atoms with E-state index in [0.717, 1.165) is 0 Å². The molecule has 4 nitrogen and oxygen atoms in total. The van der Waals surface area contributed by atoms with Crippen molar-refractivity contribution in [3.63, 3.8) is 0 Å². The van der Waals surface area contributed by atoms with Crippen LogP contribution in [0.15, 0.2) is 23.1 Å². The number of rotatable bonds is 1. The van der Waals surface area contributed by atoms with Crippen LogP contribution in [0, 0.1) is 0 Å². The van der Waals surface area contributed by atoms with Gasteiger partial charge in [-0.05, 0) is 18.2 Å². The number of ether oxygens (including phenoxy) is 2. The van der Waals surface area contributed by atoms with Gasteiger partial charge in [0.05, 0.1) is 10.5 Å². The first-order valence-corrected chi connectivity index (χ1v) is 5.64. The fourth-order valence-electron chi connectivity index (χ4n) is 1.33. The van der Waals surface area contributed by atoms with Gasteiger partial charge in [0.25, 0.3) is 0 Å². The minimum absolute atomic E-state index is 0.167. The Morgan fingerprint density at radius 3 is 2.28 bits per heavy atom. The molecule has 0 saturated heterocycles. The maximum atomic E-state index is 13.2. The summed E-state index contributed by atoms with van der Waals surface area (Å²) in [6.45, 7) is 0. The molecule has 0 saturated carbocycles. The summed E-state index contributed by atoms with van der Waals surface area (Å²) in [5.41, 5.74) is -1.30. The van der Waals surface area contributed by atoms with Crippen molar-refractivity contribution in [1.82, 2.24) is 0 Å². The van der Waals surface area contributed by atoms with Crippen molar-refractivity contribution in [2.75, 3.05) is 0 Å². The zero-order valence-electron chi connectivity index (χ0n) is 8.16. The van der Waals surface area contributed by atoms with Gasteiger partial charge in [0.2, 0.25) is 0 Å². The molecule has 100 valence electrons. The van der Waals surface area contributed by atoms with Crippen LogP contribution in [0.3, 0.4) is 0 Å². The topological polar surface area (TPSA) is 52.6 Å². The molecule has 1 aromatic rings. The van der Waals surface area contributed by atoms with E-state index in [9.17, 15) is 29.9 Å². The summed E-state index contributed by atoms with van der Waals surface area (Å²) < 4.78 is 92.0. The molecule has 0 spiro atoms. The molecule has 0 bridgehead atoms. The number of fused-ring (bicyclic) bond motifs is 1. The lowest BCUT2D eigenvalue weighted by Crippen LogP contribution is -2.41. The third-order valence-corrected chi connectivity index (χ3v) is 2.84. The highest BCUT2D eigenvalue weighted by Gasteiger charge is 2.54. The fourth-order valence-corrected chi connectivity index (χ4v) is 1.82. The largest absolute Gasteiger partial charge is 0.540 e. The molecule has 0 aliphatic carbocycles. The summed E-state index contributed by atoms with van der Waals surface area (Å²) in [6, 6.07) is 1.18. The molecule has 0 N–H and O–H groups in total.